The predicted octanol–water partition coefficient (Wildman–Crippen LogP) is 3.11. The molecule has 0 atom stereocenters. The SMILES string of the molecule is Br.CC(C)(C)c1ccc(O)cc1.[Ca+2].[H-].[H-]. The molecule has 0 unspecified atom stereocenters. The average Bonchev–Trinajstić information content (AvgIpc) is 1.86. The molecule has 1 nitrogen and oxygen atoms in total. The Morgan fingerprint density at radius 2 is 1.46 bits per heavy atom. The first-order valence-corrected chi connectivity index (χ1v) is 3.79. The third-order valence-electron chi connectivity index (χ3n) is 1.73. The van der Waals surface area contributed by atoms with E-state index in [-0.39, 0.29) is 63.0 Å². The summed E-state index contributed by atoms with van der Waals surface area (Å²) in [5, 5.41) is 9.02. The van der Waals surface area contributed by atoms with Gasteiger partial charge in [0.15, 0.2) is 0 Å². The first-order valence-electron chi connectivity index (χ1n) is 3.79. The van der Waals surface area contributed by atoms with Gasteiger partial charge in [-0.2, -0.15) is 0 Å². The molecule has 0 spiro atoms. The summed E-state index contributed by atoms with van der Waals surface area (Å²) < 4.78 is 0. The number of benzene rings is 1. The standard InChI is InChI=1S/C10H14O.BrH.Ca.2H/c1-10(2,3)8-4-6-9(11)7-5-8;;;;/h4-7,11H,1-3H3;1H;;;/q;;+2;2*-1. The third kappa shape index (κ3) is 5.26. The summed E-state index contributed by atoms with van der Waals surface area (Å²) in [6.45, 7) is 6.46. The fourth-order valence-electron chi connectivity index (χ4n) is 0.961. The zero-order valence-corrected chi connectivity index (χ0v) is 12.3. The van der Waals surface area contributed by atoms with Crippen molar-refractivity contribution < 1.29 is 7.96 Å². The van der Waals surface area contributed by atoms with Crippen LogP contribution in [-0.4, -0.2) is 42.8 Å². The molecule has 1 rings (SSSR count). The Morgan fingerprint density at radius 1 is 1.08 bits per heavy atom. The number of phenols is 1. The van der Waals surface area contributed by atoms with Crippen LogP contribution < -0.4 is 0 Å². The molecule has 0 aliphatic rings. The predicted molar refractivity (Wildman–Crippen MR) is 65.1 cm³/mol. The van der Waals surface area contributed by atoms with Gasteiger partial charge >= 0.3 is 37.7 Å². The molecule has 0 fully saturated rings. The molecule has 0 amide bonds. The summed E-state index contributed by atoms with van der Waals surface area (Å²) >= 11 is 0. The Labute approximate surface area is 123 Å². The molecule has 3 heteroatoms. The molecule has 0 radical (unpaired) electrons. The number of hydrogen-bond donors (Lipinski definition) is 1. The van der Waals surface area contributed by atoms with Crippen LogP contribution >= 0.6 is 17.0 Å². The van der Waals surface area contributed by atoms with Crippen molar-refractivity contribution in [2.24, 2.45) is 0 Å². The van der Waals surface area contributed by atoms with Gasteiger partial charge in [0, 0.05) is 0 Å². The first kappa shape index (κ1) is 16.2. The average molecular weight is 273 g/mol. The van der Waals surface area contributed by atoms with Gasteiger partial charge in [-0.15, -0.1) is 17.0 Å². The van der Waals surface area contributed by atoms with Gasteiger partial charge in [0.2, 0.25) is 0 Å². The largest absolute Gasteiger partial charge is 2.00 e. The molecule has 13 heavy (non-hydrogen) atoms. The fraction of sp³-hybridized carbons (Fsp3) is 0.400. The van der Waals surface area contributed by atoms with Gasteiger partial charge in [0.1, 0.15) is 5.75 Å². The van der Waals surface area contributed by atoms with Crippen LogP contribution in [-0.2, 0) is 5.41 Å². The summed E-state index contributed by atoms with van der Waals surface area (Å²) in [6.07, 6.45) is 0. The summed E-state index contributed by atoms with van der Waals surface area (Å²) in [6, 6.07) is 7.35. The monoisotopic (exact) mass is 272 g/mol. The molecule has 0 aromatic heterocycles. The Morgan fingerprint density at radius 3 is 1.77 bits per heavy atom. The minimum absolute atomic E-state index is 0. The Hall–Kier alpha value is 0.760. The van der Waals surface area contributed by atoms with Crippen LogP contribution in [0.25, 0.3) is 0 Å². The van der Waals surface area contributed by atoms with E-state index < -0.39 is 0 Å². The fourth-order valence-corrected chi connectivity index (χ4v) is 0.961. The van der Waals surface area contributed by atoms with E-state index in [0.717, 1.165) is 0 Å². The zero-order valence-electron chi connectivity index (χ0n) is 10.4. The molecular formula is C10H17BrCaO. The Balaban J connectivity index is -0.000000151. The maximum atomic E-state index is 9.02. The number of phenolic OH excluding ortho intramolecular Hbond substituents is 1. The van der Waals surface area contributed by atoms with Crippen molar-refractivity contribution in [1.29, 1.82) is 0 Å². The molecule has 0 saturated heterocycles. The number of hydrogen-bond acceptors (Lipinski definition) is 1. The van der Waals surface area contributed by atoms with E-state index in [1.165, 1.54) is 5.56 Å². The van der Waals surface area contributed by atoms with E-state index in [4.69, 9.17) is 5.11 Å². The second-order valence-electron chi connectivity index (χ2n) is 3.80. The topological polar surface area (TPSA) is 20.2 Å². The summed E-state index contributed by atoms with van der Waals surface area (Å²) in [5.74, 6) is 0.331. The van der Waals surface area contributed by atoms with E-state index in [9.17, 15) is 0 Å². The van der Waals surface area contributed by atoms with Crippen LogP contribution in [0, 0.1) is 0 Å². The van der Waals surface area contributed by atoms with E-state index in [1.807, 2.05) is 12.1 Å². The van der Waals surface area contributed by atoms with Gasteiger partial charge in [-0.05, 0) is 23.1 Å². The van der Waals surface area contributed by atoms with Crippen LogP contribution in [0.4, 0.5) is 0 Å². The van der Waals surface area contributed by atoms with Gasteiger partial charge in [-0.3, -0.25) is 0 Å². The Bertz CT molecular complexity index is 247. The molecule has 0 aliphatic carbocycles. The minimum Gasteiger partial charge on any atom is -1.00 e. The molecule has 1 N–H and O–H groups in total. The number of halogens is 1. The smallest absolute Gasteiger partial charge is 1.00 e. The third-order valence-corrected chi connectivity index (χ3v) is 1.73. The first-order chi connectivity index (χ1) is 5.00. The van der Waals surface area contributed by atoms with E-state index in [1.54, 1.807) is 12.1 Å². The molecule has 0 aliphatic heterocycles. The van der Waals surface area contributed by atoms with Crippen LogP contribution in [0.1, 0.15) is 29.2 Å². The van der Waals surface area contributed by atoms with Crippen molar-refractivity contribution in [1.82, 2.24) is 0 Å². The van der Waals surface area contributed by atoms with Crippen molar-refractivity contribution >= 4 is 54.7 Å². The van der Waals surface area contributed by atoms with E-state index in [0.29, 0.717) is 5.75 Å². The van der Waals surface area contributed by atoms with Crippen LogP contribution in [0.5, 0.6) is 5.75 Å². The second-order valence-corrected chi connectivity index (χ2v) is 3.80. The van der Waals surface area contributed by atoms with Crippen LogP contribution in [0.2, 0.25) is 0 Å². The Kier molecular flexibility index (Phi) is 7.83. The van der Waals surface area contributed by atoms with Gasteiger partial charge < -0.3 is 7.96 Å². The van der Waals surface area contributed by atoms with Gasteiger partial charge in [-0.25, -0.2) is 0 Å². The molecular weight excluding hydrogens is 256 g/mol. The second kappa shape index (κ2) is 6.28. The van der Waals surface area contributed by atoms with Crippen molar-refractivity contribution in [3.63, 3.8) is 0 Å². The normalized spacial score (nSPS) is 9.77. The molecule has 0 heterocycles. The molecule has 72 valence electrons. The molecule has 0 saturated carbocycles. The quantitative estimate of drug-likeness (QED) is 0.720. The summed E-state index contributed by atoms with van der Waals surface area (Å²) in [4.78, 5) is 0. The van der Waals surface area contributed by atoms with Gasteiger partial charge in [0.25, 0.3) is 0 Å². The maximum absolute atomic E-state index is 9.02. The van der Waals surface area contributed by atoms with Crippen molar-refractivity contribution in [3.05, 3.63) is 29.8 Å². The van der Waals surface area contributed by atoms with Crippen molar-refractivity contribution in [2.75, 3.05) is 0 Å². The van der Waals surface area contributed by atoms with E-state index in [2.05, 4.69) is 20.8 Å². The van der Waals surface area contributed by atoms with Crippen molar-refractivity contribution in [3.8, 4) is 5.75 Å². The van der Waals surface area contributed by atoms with Crippen LogP contribution in [0.15, 0.2) is 24.3 Å². The van der Waals surface area contributed by atoms with E-state index >= 15 is 0 Å². The summed E-state index contributed by atoms with van der Waals surface area (Å²) in [5.41, 5.74) is 1.42. The number of aromatic hydroxyl groups is 1. The number of rotatable bonds is 0. The molecule has 1 aromatic carbocycles. The van der Waals surface area contributed by atoms with Gasteiger partial charge in [0.05, 0.1) is 0 Å². The minimum atomic E-state index is 0. The molecule has 0 bridgehead atoms. The maximum Gasteiger partial charge on any atom is 2.00 e. The van der Waals surface area contributed by atoms with Gasteiger partial charge in [-0.1, -0.05) is 32.9 Å². The molecule has 1 aromatic rings. The van der Waals surface area contributed by atoms with Crippen molar-refractivity contribution in [2.45, 2.75) is 26.2 Å². The zero-order chi connectivity index (χ0) is 8.48. The van der Waals surface area contributed by atoms with Crippen LogP contribution in [0.3, 0.4) is 0 Å². The summed E-state index contributed by atoms with van der Waals surface area (Å²) in [7, 11) is 0.